The molecule has 13 heteroatoms. The second-order valence-corrected chi connectivity index (χ2v) is 19.5. The standard InChI is InChI=1S/C32H53ClN4O7Si/c1-37(32(40)44-15-16-45(3,4)5)22-28(17-23-9-12-42-13-10-23)36-30(38)26-18-25(20-34-21-26)29(24-7-6-8-27(33)19-24)43-14-11-35-31(39)41-2/h6-8,19,23,25-26,28-29,34H,9-18,20-22H2,1-5H3,(H,35,39)(H,36,38)/t25?,26?,28-,29+/m1/s1. The quantitative estimate of drug-likeness (QED) is 0.182. The first-order valence-corrected chi connectivity index (χ1v) is 20.2. The first kappa shape index (κ1) is 37.1. The number of carbonyl (C=O) groups excluding carboxylic acids is 3. The molecule has 0 radical (unpaired) electrons. The SMILES string of the molecule is COC(=O)NCCO[C@@H](c1cccc(Cl)c1)C1CNCC(C(=O)N[C@H](CC2CCOCC2)CN(C)C(=O)OCC[Si](C)(C)C)C1. The van der Waals surface area contributed by atoms with E-state index in [0.717, 1.165) is 30.9 Å². The topological polar surface area (TPSA) is 127 Å². The summed E-state index contributed by atoms with van der Waals surface area (Å²) in [5, 5.41) is 9.97. The molecule has 2 fully saturated rings. The lowest BCUT2D eigenvalue weighted by Crippen LogP contribution is -2.51. The van der Waals surface area contributed by atoms with Crippen molar-refractivity contribution in [3.05, 3.63) is 34.9 Å². The van der Waals surface area contributed by atoms with Crippen LogP contribution < -0.4 is 16.0 Å². The molecule has 45 heavy (non-hydrogen) atoms. The number of amides is 3. The van der Waals surface area contributed by atoms with Crippen LogP contribution in [0.2, 0.25) is 30.7 Å². The Balaban J connectivity index is 1.66. The number of alkyl carbamates (subject to hydrolysis) is 1. The number of nitrogens with zero attached hydrogens (tertiary/aromatic N) is 1. The van der Waals surface area contributed by atoms with Crippen LogP contribution in [0.1, 0.15) is 37.4 Å². The van der Waals surface area contributed by atoms with E-state index in [1.54, 1.807) is 11.9 Å². The van der Waals surface area contributed by atoms with Crippen molar-refractivity contribution in [3.8, 4) is 0 Å². The average Bonchev–Trinajstić information content (AvgIpc) is 3.00. The highest BCUT2D eigenvalue weighted by atomic mass is 35.5. The Morgan fingerprint density at radius 2 is 1.91 bits per heavy atom. The van der Waals surface area contributed by atoms with Gasteiger partial charge in [0.2, 0.25) is 5.91 Å². The van der Waals surface area contributed by atoms with E-state index < -0.39 is 14.2 Å². The van der Waals surface area contributed by atoms with Crippen molar-refractivity contribution in [2.45, 2.75) is 63.5 Å². The van der Waals surface area contributed by atoms with Crippen molar-refractivity contribution in [2.24, 2.45) is 17.8 Å². The molecule has 3 N–H and O–H groups in total. The molecule has 0 saturated carbocycles. The van der Waals surface area contributed by atoms with E-state index in [4.69, 9.17) is 25.8 Å². The molecule has 4 atom stereocenters. The minimum absolute atomic E-state index is 0.0101. The van der Waals surface area contributed by atoms with Crippen LogP contribution in [0.3, 0.4) is 0 Å². The second kappa shape index (κ2) is 18.7. The van der Waals surface area contributed by atoms with Gasteiger partial charge in [-0.1, -0.05) is 43.4 Å². The van der Waals surface area contributed by atoms with E-state index in [1.807, 2.05) is 24.3 Å². The van der Waals surface area contributed by atoms with Gasteiger partial charge in [-0.2, -0.15) is 0 Å². The zero-order valence-corrected chi connectivity index (χ0v) is 29.3. The Kier molecular flexibility index (Phi) is 15.4. The Bertz CT molecular complexity index is 1090. The van der Waals surface area contributed by atoms with Crippen molar-refractivity contribution in [3.63, 3.8) is 0 Å². The fourth-order valence-corrected chi connectivity index (χ4v) is 6.76. The van der Waals surface area contributed by atoms with Crippen LogP contribution in [0.15, 0.2) is 24.3 Å². The summed E-state index contributed by atoms with van der Waals surface area (Å²) in [6.45, 7) is 10.8. The molecule has 0 spiro atoms. The van der Waals surface area contributed by atoms with Crippen molar-refractivity contribution < 1.29 is 33.3 Å². The molecule has 254 valence electrons. The number of carbonyl (C=O) groups is 3. The van der Waals surface area contributed by atoms with Gasteiger partial charge in [-0.3, -0.25) is 4.79 Å². The molecule has 2 unspecified atom stereocenters. The van der Waals surface area contributed by atoms with E-state index in [9.17, 15) is 14.4 Å². The smallest absolute Gasteiger partial charge is 0.409 e. The van der Waals surface area contributed by atoms with Crippen LogP contribution in [-0.2, 0) is 23.7 Å². The van der Waals surface area contributed by atoms with E-state index in [2.05, 4.69) is 40.3 Å². The first-order chi connectivity index (χ1) is 21.4. The predicted octanol–water partition coefficient (Wildman–Crippen LogP) is 4.69. The average molecular weight is 669 g/mol. The maximum Gasteiger partial charge on any atom is 0.409 e. The minimum atomic E-state index is -1.32. The van der Waals surface area contributed by atoms with Gasteiger partial charge in [0, 0.05) is 71.5 Å². The van der Waals surface area contributed by atoms with Gasteiger partial charge in [-0.25, -0.2) is 9.59 Å². The van der Waals surface area contributed by atoms with E-state index >= 15 is 0 Å². The highest BCUT2D eigenvalue weighted by molar-refractivity contribution is 6.76. The second-order valence-electron chi connectivity index (χ2n) is 13.4. The van der Waals surface area contributed by atoms with Crippen LogP contribution >= 0.6 is 11.6 Å². The largest absolute Gasteiger partial charge is 0.453 e. The number of likely N-dealkylation sites (N-methyl/N-ethyl adjacent to an activating group) is 1. The molecule has 0 aliphatic carbocycles. The summed E-state index contributed by atoms with van der Waals surface area (Å²) in [6, 6.07) is 8.25. The number of halogens is 1. The van der Waals surface area contributed by atoms with E-state index in [0.29, 0.717) is 56.8 Å². The van der Waals surface area contributed by atoms with Gasteiger partial charge < -0.3 is 39.8 Å². The number of hydrogen-bond donors (Lipinski definition) is 3. The van der Waals surface area contributed by atoms with E-state index in [-0.39, 0.29) is 49.1 Å². The summed E-state index contributed by atoms with van der Waals surface area (Å²) in [6.07, 6.45) is 2.05. The monoisotopic (exact) mass is 668 g/mol. The van der Waals surface area contributed by atoms with E-state index in [1.165, 1.54) is 7.11 Å². The van der Waals surface area contributed by atoms with Crippen LogP contribution in [-0.4, -0.2) is 104 Å². The summed E-state index contributed by atoms with van der Waals surface area (Å²) >= 11 is 6.33. The van der Waals surface area contributed by atoms with Gasteiger partial charge >= 0.3 is 12.2 Å². The zero-order chi connectivity index (χ0) is 32.8. The normalized spacial score (nSPS) is 20.5. The third kappa shape index (κ3) is 13.5. The molecule has 1 aromatic carbocycles. The maximum absolute atomic E-state index is 13.8. The van der Waals surface area contributed by atoms with Gasteiger partial charge in [0.15, 0.2) is 0 Å². The number of rotatable bonds is 15. The summed E-state index contributed by atoms with van der Waals surface area (Å²) in [4.78, 5) is 39.7. The summed E-state index contributed by atoms with van der Waals surface area (Å²) in [5.41, 5.74) is 0.917. The third-order valence-electron chi connectivity index (χ3n) is 8.40. The predicted molar refractivity (Wildman–Crippen MR) is 177 cm³/mol. The van der Waals surface area contributed by atoms with Gasteiger partial charge in [-0.15, -0.1) is 0 Å². The zero-order valence-electron chi connectivity index (χ0n) is 27.6. The molecule has 3 rings (SSSR count). The van der Waals surface area contributed by atoms with Gasteiger partial charge in [0.05, 0.1) is 32.3 Å². The van der Waals surface area contributed by atoms with Crippen LogP contribution in [0.5, 0.6) is 0 Å². The van der Waals surface area contributed by atoms with Crippen molar-refractivity contribution in [1.82, 2.24) is 20.9 Å². The molecule has 2 aliphatic heterocycles. The van der Waals surface area contributed by atoms with Gasteiger partial charge in [0.25, 0.3) is 0 Å². The highest BCUT2D eigenvalue weighted by Gasteiger charge is 2.35. The molecule has 0 aromatic heterocycles. The molecule has 0 bridgehead atoms. The Morgan fingerprint density at radius 1 is 1.16 bits per heavy atom. The molecule has 1 aromatic rings. The number of methoxy groups -OCH3 is 1. The summed E-state index contributed by atoms with van der Waals surface area (Å²) < 4.78 is 22.1. The Hall–Kier alpha value is -2.38. The van der Waals surface area contributed by atoms with Crippen LogP contribution in [0.4, 0.5) is 9.59 Å². The van der Waals surface area contributed by atoms with Crippen LogP contribution in [0.25, 0.3) is 0 Å². The molecule has 11 nitrogen and oxygen atoms in total. The lowest BCUT2D eigenvalue weighted by atomic mass is 9.83. The first-order valence-electron chi connectivity index (χ1n) is 16.1. The third-order valence-corrected chi connectivity index (χ3v) is 10.3. The van der Waals surface area contributed by atoms with Gasteiger partial charge in [-0.05, 0) is 55.3 Å². The lowest BCUT2D eigenvalue weighted by molar-refractivity contribution is -0.127. The van der Waals surface area contributed by atoms with Crippen molar-refractivity contribution >= 4 is 37.8 Å². The molecular formula is C32H53ClN4O7Si. The fraction of sp³-hybridized carbons (Fsp3) is 0.719. The molecule has 2 heterocycles. The Labute approximate surface area is 274 Å². The molecule has 2 saturated heterocycles. The maximum atomic E-state index is 13.8. The highest BCUT2D eigenvalue weighted by Crippen LogP contribution is 2.34. The van der Waals surface area contributed by atoms with Crippen LogP contribution in [0, 0.1) is 17.8 Å². The fourth-order valence-electron chi connectivity index (χ4n) is 5.85. The number of benzene rings is 1. The number of nitrogens with one attached hydrogen (secondary N) is 3. The molecular weight excluding hydrogens is 616 g/mol. The molecule has 2 aliphatic rings. The number of ether oxygens (including phenoxy) is 4. The van der Waals surface area contributed by atoms with Crippen molar-refractivity contribution in [1.29, 1.82) is 0 Å². The number of piperidine rings is 1. The Morgan fingerprint density at radius 3 is 2.60 bits per heavy atom. The molecule has 3 amide bonds. The summed E-state index contributed by atoms with van der Waals surface area (Å²) in [5.74, 6) is 0.0798. The lowest BCUT2D eigenvalue weighted by Gasteiger charge is -2.36. The van der Waals surface area contributed by atoms with Crippen molar-refractivity contribution in [2.75, 3.05) is 66.8 Å². The minimum Gasteiger partial charge on any atom is -0.453 e. The van der Waals surface area contributed by atoms with Gasteiger partial charge in [0.1, 0.15) is 0 Å². The summed E-state index contributed by atoms with van der Waals surface area (Å²) in [7, 11) is 1.73. The number of hydrogen-bond acceptors (Lipinski definition) is 8.